The zero-order valence-corrected chi connectivity index (χ0v) is 11.7. The largest absolute Gasteiger partial charge is 0.363 e. The van der Waals surface area contributed by atoms with Gasteiger partial charge in [-0.3, -0.25) is 4.57 Å². The molecular weight excluding hydrogens is 277 g/mol. The van der Waals surface area contributed by atoms with Gasteiger partial charge in [0.05, 0.1) is 0 Å². The van der Waals surface area contributed by atoms with E-state index < -0.39 is 19.1 Å². The summed E-state index contributed by atoms with van der Waals surface area (Å²) in [6.07, 6.45) is -0.433. The molecule has 1 rings (SSSR count). The predicted molar refractivity (Wildman–Crippen MR) is 70.0 cm³/mol. The highest BCUT2D eigenvalue weighted by molar-refractivity contribution is 7.51. The van der Waals surface area contributed by atoms with Gasteiger partial charge in [0.15, 0.2) is 5.18 Å². The van der Waals surface area contributed by atoms with Gasteiger partial charge in [0, 0.05) is 13.0 Å². The lowest BCUT2D eigenvalue weighted by Crippen LogP contribution is -2.43. The van der Waals surface area contributed by atoms with Crippen molar-refractivity contribution in [1.82, 2.24) is 4.90 Å². The lowest BCUT2D eigenvalue weighted by molar-refractivity contribution is -0.0365. The molecule has 0 aliphatic carbocycles. The van der Waals surface area contributed by atoms with E-state index in [1.54, 1.807) is 19.1 Å². The van der Waals surface area contributed by atoms with Gasteiger partial charge >= 0.3 is 7.60 Å². The Labute approximate surface area is 111 Å². The van der Waals surface area contributed by atoms with Gasteiger partial charge < -0.3 is 14.9 Å². The second-order valence-corrected chi connectivity index (χ2v) is 6.28. The molecule has 1 unspecified atom stereocenters. The molecule has 0 aromatic heterocycles. The topological polar surface area (TPSA) is 81.0 Å². The number of halogens is 1. The standard InChI is InChI=1S/C11H17ClNO4P/c1-2-11(12,14)13(9-18(15,16)17)8-10-6-4-3-5-7-10/h3-7,14H,2,8-9H2,1H3,(H2,15,16,17). The molecule has 0 fully saturated rings. The van der Waals surface area contributed by atoms with E-state index >= 15 is 0 Å². The minimum atomic E-state index is -4.29. The minimum Gasteiger partial charge on any atom is -0.363 e. The molecule has 18 heavy (non-hydrogen) atoms. The number of alkyl halides is 1. The molecule has 1 aromatic carbocycles. The number of benzene rings is 1. The van der Waals surface area contributed by atoms with Crippen molar-refractivity contribution >= 4 is 19.2 Å². The molecule has 5 nitrogen and oxygen atoms in total. The van der Waals surface area contributed by atoms with Crippen LogP contribution < -0.4 is 0 Å². The second-order valence-electron chi connectivity index (χ2n) is 4.06. The Kier molecular flexibility index (Phi) is 5.34. The summed E-state index contributed by atoms with van der Waals surface area (Å²) >= 11 is 5.88. The Morgan fingerprint density at radius 1 is 1.33 bits per heavy atom. The maximum absolute atomic E-state index is 11.1. The summed E-state index contributed by atoms with van der Waals surface area (Å²) in [7, 11) is -4.29. The number of nitrogens with zero attached hydrogens (tertiary/aromatic N) is 1. The van der Waals surface area contributed by atoms with Crippen molar-refractivity contribution < 1.29 is 19.5 Å². The van der Waals surface area contributed by atoms with Gasteiger partial charge in [-0.05, 0) is 5.56 Å². The molecule has 0 saturated carbocycles. The molecule has 102 valence electrons. The fraction of sp³-hybridized carbons (Fsp3) is 0.455. The summed E-state index contributed by atoms with van der Waals surface area (Å²) in [5.74, 6) is 0. The quantitative estimate of drug-likeness (QED) is 0.323. The van der Waals surface area contributed by atoms with Crippen LogP contribution in [0.3, 0.4) is 0 Å². The van der Waals surface area contributed by atoms with Gasteiger partial charge in [0.25, 0.3) is 0 Å². The van der Waals surface area contributed by atoms with Crippen LogP contribution in [0.4, 0.5) is 0 Å². The minimum absolute atomic E-state index is 0.154. The van der Waals surface area contributed by atoms with E-state index in [-0.39, 0.29) is 13.0 Å². The molecule has 0 amide bonds. The molecule has 7 heteroatoms. The van der Waals surface area contributed by atoms with E-state index in [4.69, 9.17) is 21.4 Å². The Morgan fingerprint density at radius 2 is 1.89 bits per heavy atom. The molecule has 0 heterocycles. The van der Waals surface area contributed by atoms with Crippen molar-refractivity contribution in [2.24, 2.45) is 0 Å². The Hall–Kier alpha value is -0.420. The first-order chi connectivity index (χ1) is 8.24. The first kappa shape index (κ1) is 15.6. The maximum atomic E-state index is 11.1. The summed E-state index contributed by atoms with van der Waals surface area (Å²) in [5, 5.41) is 8.19. The van der Waals surface area contributed by atoms with Gasteiger partial charge in [-0.1, -0.05) is 48.9 Å². The van der Waals surface area contributed by atoms with Crippen molar-refractivity contribution in [1.29, 1.82) is 0 Å². The van der Waals surface area contributed by atoms with Crippen LogP contribution in [0.1, 0.15) is 18.9 Å². The number of hydrogen-bond donors (Lipinski definition) is 3. The highest BCUT2D eigenvalue weighted by atomic mass is 35.5. The van der Waals surface area contributed by atoms with Crippen LogP contribution in [0, 0.1) is 0 Å². The summed E-state index contributed by atoms with van der Waals surface area (Å²) in [4.78, 5) is 19.2. The molecule has 1 atom stereocenters. The van der Waals surface area contributed by atoms with E-state index in [0.717, 1.165) is 5.56 Å². The summed E-state index contributed by atoms with van der Waals surface area (Å²) in [6, 6.07) is 9.06. The van der Waals surface area contributed by atoms with Gasteiger partial charge in [-0.2, -0.15) is 0 Å². The van der Waals surface area contributed by atoms with Crippen molar-refractivity contribution in [2.45, 2.75) is 25.1 Å². The molecular formula is C11H17ClNO4P. The molecule has 0 aliphatic heterocycles. The van der Waals surface area contributed by atoms with Crippen molar-refractivity contribution in [3.8, 4) is 0 Å². The number of hydrogen-bond acceptors (Lipinski definition) is 3. The van der Waals surface area contributed by atoms with Crippen LogP contribution in [0.15, 0.2) is 30.3 Å². The lowest BCUT2D eigenvalue weighted by atomic mass is 10.2. The van der Waals surface area contributed by atoms with Crippen LogP contribution in [0.5, 0.6) is 0 Å². The highest BCUT2D eigenvalue weighted by Gasteiger charge is 2.34. The lowest BCUT2D eigenvalue weighted by Gasteiger charge is -2.34. The molecule has 0 saturated heterocycles. The summed E-state index contributed by atoms with van der Waals surface area (Å²) in [6.45, 7) is 1.81. The van der Waals surface area contributed by atoms with E-state index in [0.29, 0.717) is 0 Å². The van der Waals surface area contributed by atoms with Gasteiger partial charge in [0.2, 0.25) is 0 Å². The molecule has 1 aromatic rings. The average molecular weight is 294 g/mol. The van der Waals surface area contributed by atoms with Gasteiger partial charge in [-0.15, -0.1) is 0 Å². The van der Waals surface area contributed by atoms with Gasteiger partial charge in [-0.25, -0.2) is 4.90 Å². The van der Waals surface area contributed by atoms with E-state index in [1.165, 1.54) is 4.90 Å². The second kappa shape index (κ2) is 6.15. The zero-order chi connectivity index (χ0) is 13.8. The maximum Gasteiger partial charge on any atom is 0.339 e. The molecule has 0 aliphatic rings. The third-order valence-corrected chi connectivity index (χ3v) is 3.72. The summed E-state index contributed by atoms with van der Waals surface area (Å²) in [5.41, 5.74) is 0.818. The van der Waals surface area contributed by atoms with Crippen LogP contribution in [-0.4, -0.2) is 31.3 Å². The third kappa shape index (κ3) is 5.06. The van der Waals surface area contributed by atoms with Crippen molar-refractivity contribution in [3.05, 3.63) is 35.9 Å². The monoisotopic (exact) mass is 293 g/mol. The Balaban J connectivity index is 2.88. The van der Waals surface area contributed by atoms with Crippen LogP contribution in [0.25, 0.3) is 0 Å². The van der Waals surface area contributed by atoms with Crippen LogP contribution >= 0.6 is 19.2 Å². The van der Waals surface area contributed by atoms with Crippen LogP contribution in [0.2, 0.25) is 0 Å². The molecule has 3 N–H and O–H groups in total. The first-order valence-corrected chi connectivity index (χ1v) is 7.67. The average Bonchev–Trinajstić information content (AvgIpc) is 2.28. The highest BCUT2D eigenvalue weighted by Crippen LogP contribution is 2.39. The molecule has 0 bridgehead atoms. The predicted octanol–water partition coefficient (Wildman–Crippen LogP) is 1.92. The van der Waals surface area contributed by atoms with Crippen molar-refractivity contribution in [3.63, 3.8) is 0 Å². The van der Waals surface area contributed by atoms with E-state index in [9.17, 15) is 9.67 Å². The summed E-state index contributed by atoms with van der Waals surface area (Å²) < 4.78 is 11.1. The Bertz CT molecular complexity index is 420. The third-order valence-electron chi connectivity index (χ3n) is 2.51. The molecule has 0 radical (unpaired) electrons. The smallest absolute Gasteiger partial charge is 0.339 e. The normalized spacial score (nSPS) is 15.7. The van der Waals surface area contributed by atoms with Crippen molar-refractivity contribution in [2.75, 3.05) is 6.29 Å². The fourth-order valence-electron chi connectivity index (χ4n) is 1.53. The van der Waals surface area contributed by atoms with E-state index in [1.807, 2.05) is 18.2 Å². The van der Waals surface area contributed by atoms with Crippen LogP contribution in [-0.2, 0) is 11.1 Å². The zero-order valence-electron chi connectivity index (χ0n) is 10.0. The molecule has 0 spiro atoms. The van der Waals surface area contributed by atoms with Gasteiger partial charge in [0.1, 0.15) is 6.29 Å². The SMILES string of the molecule is CCC(O)(Cl)N(Cc1ccccc1)CP(=O)(O)O. The number of rotatable bonds is 6. The Morgan fingerprint density at radius 3 is 2.33 bits per heavy atom. The number of aliphatic hydroxyl groups is 1. The fourth-order valence-corrected chi connectivity index (χ4v) is 2.51. The van der Waals surface area contributed by atoms with E-state index in [2.05, 4.69) is 0 Å². The first-order valence-electron chi connectivity index (χ1n) is 5.49.